The van der Waals surface area contributed by atoms with Crippen LogP contribution in [0.2, 0.25) is 0 Å². The quantitative estimate of drug-likeness (QED) is 0.596. The molecule has 17 heavy (non-hydrogen) atoms. The Labute approximate surface area is 99.1 Å². The lowest BCUT2D eigenvalue weighted by molar-refractivity contribution is 0.419. The molecule has 0 amide bonds. The van der Waals surface area contributed by atoms with E-state index in [0.717, 1.165) is 27.6 Å². The molecule has 3 rings (SSSR count). The second-order valence-electron chi connectivity index (χ2n) is 4.00. The molecule has 84 valence electrons. The Kier molecular flexibility index (Phi) is 2.18. The number of hydrogen-bond donors (Lipinski definition) is 0. The van der Waals surface area contributed by atoms with E-state index in [9.17, 15) is 0 Å². The van der Waals surface area contributed by atoms with Gasteiger partial charge < -0.3 is 4.74 Å². The predicted molar refractivity (Wildman–Crippen MR) is 68.3 cm³/mol. The van der Waals surface area contributed by atoms with Gasteiger partial charge in [-0.15, -0.1) is 0 Å². The van der Waals surface area contributed by atoms with E-state index in [2.05, 4.69) is 23.0 Å². The first-order chi connectivity index (χ1) is 8.31. The first kappa shape index (κ1) is 10.0. The van der Waals surface area contributed by atoms with E-state index < -0.39 is 0 Å². The molecule has 0 saturated heterocycles. The molecule has 0 aliphatic rings. The Morgan fingerprint density at radius 1 is 0.882 bits per heavy atom. The van der Waals surface area contributed by atoms with Crippen molar-refractivity contribution in [1.29, 1.82) is 0 Å². The Bertz CT molecular complexity index is 707. The van der Waals surface area contributed by atoms with Crippen LogP contribution >= 0.6 is 0 Å². The van der Waals surface area contributed by atoms with Crippen molar-refractivity contribution in [2.45, 2.75) is 6.92 Å². The van der Waals surface area contributed by atoms with Crippen LogP contribution in [0.3, 0.4) is 0 Å². The second kappa shape index (κ2) is 3.70. The normalized spacial score (nSPS) is 10.9. The van der Waals surface area contributed by atoms with Crippen LogP contribution in [-0.4, -0.2) is 17.1 Å². The van der Waals surface area contributed by atoms with Crippen molar-refractivity contribution < 1.29 is 4.74 Å². The summed E-state index contributed by atoms with van der Waals surface area (Å²) in [6.07, 6.45) is 3.57. The monoisotopic (exact) mass is 224 g/mol. The molecule has 3 aromatic rings. The minimum atomic E-state index is 0.834. The molecule has 0 N–H and O–H groups in total. The molecule has 0 bridgehead atoms. The van der Waals surface area contributed by atoms with Crippen LogP contribution in [0.4, 0.5) is 0 Å². The van der Waals surface area contributed by atoms with Crippen LogP contribution in [0.15, 0.2) is 36.7 Å². The molecule has 0 radical (unpaired) electrons. The summed E-state index contributed by atoms with van der Waals surface area (Å²) in [6, 6.07) is 7.99. The van der Waals surface area contributed by atoms with E-state index in [1.807, 2.05) is 24.4 Å². The number of rotatable bonds is 1. The van der Waals surface area contributed by atoms with Crippen molar-refractivity contribution in [3.63, 3.8) is 0 Å². The maximum Gasteiger partial charge on any atom is 0.129 e. The number of hydrogen-bond acceptors (Lipinski definition) is 3. The standard InChI is InChI=1S/C14H12N2O/c1-9-5-7-15-13-10(9)3-4-11-12(17-2)6-8-16-14(11)13/h3-8H,1-2H3. The van der Waals surface area contributed by atoms with Crippen molar-refractivity contribution in [3.8, 4) is 5.75 Å². The van der Waals surface area contributed by atoms with E-state index in [4.69, 9.17) is 4.74 Å². The van der Waals surface area contributed by atoms with Gasteiger partial charge in [0.25, 0.3) is 0 Å². The van der Waals surface area contributed by atoms with E-state index >= 15 is 0 Å². The smallest absolute Gasteiger partial charge is 0.129 e. The predicted octanol–water partition coefficient (Wildman–Crippen LogP) is 3.10. The Morgan fingerprint density at radius 3 is 2.29 bits per heavy atom. The fraction of sp³-hybridized carbons (Fsp3) is 0.143. The van der Waals surface area contributed by atoms with Gasteiger partial charge in [-0.25, -0.2) is 0 Å². The maximum atomic E-state index is 5.34. The number of pyridine rings is 2. The summed E-state index contributed by atoms with van der Waals surface area (Å²) in [4.78, 5) is 8.84. The van der Waals surface area contributed by atoms with Crippen LogP contribution in [0.25, 0.3) is 21.8 Å². The topological polar surface area (TPSA) is 35.0 Å². The third-order valence-corrected chi connectivity index (χ3v) is 3.02. The fourth-order valence-corrected chi connectivity index (χ4v) is 2.12. The summed E-state index contributed by atoms with van der Waals surface area (Å²) in [5.41, 5.74) is 3.04. The van der Waals surface area contributed by atoms with Crippen LogP contribution in [0.5, 0.6) is 5.75 Å². The van der Waals surface area contributed by atoms with Crippen molar-refractivity contribution in [2.24, 2.45) is 0 Å². The number of nitrogens with zero attached hydrogens (tertiary/aromatic N) is 2. The van der Waals surface area contributed by atoms with Gasteiger partial charge in [-0.05, 0) is 30.7 Å². The summed E-state index contributed by atoms with van der Waals surface area (Å²) in [5, 5.41) is 2.14. The van der Waals surface area contributed by atoms with Gasteiger partial charge in [0.05, 0.1) is 12.6 Å². The molecule has 0 atom stereocenters. The van der Waals surface area contributed by atoms with Gasteiger partial charge in [-0.2, -0.15) is 0 Å². The third-order valence-electron chi connectivity index (χ3n) is 3.02. The van der Waals surface area contributed by atoms with E-state index in [-0.39, 0.29) is 0 Å². The molecule has 2 heterocycles. The third kappa shape index (κ3) is 1.43. The molecule has 0 fully saturated rings. The molecule has 3 heteroatoms. The highest BCUT2D eigenvalue weighted by Gasteiger charge is 2.07. The van der Waals surface area contributed by atoms with Crippen molar-refractivity contribution >= 4 is 21.8 Å². The lowest BCUT2D eigenvalue weighted by atomic mass is 10.1. The minimum Gasteiger partial charge on any atom is -0.496 e. The zero-order valence-corrected chi connectivity index (χ0v) is 9.77. The Morgan fingerprint density at radius 2 is 1.53 bits per heavy atom. The highest BCUT2D eigenvalue weighted by molar-refractivity contribution is 6.05. The van der Waals surface area contributed by atoms with E-state index in [1.54, 1.807) is 13.3 Å². The first-order valence-corrected chi connectivity index (χ1v) is 5.48. The molecule has 0 unspecified atom stereocenters. The maximum absolute atomic E-state index is 5.34. The van der Waals surface area contributed by atoms with Gasteiger partial charge in [0.1, 0.15) is 11.3 Å². The van der Waals surface area contributed by atoms with Crippen molar-refractivity contribution in [1.82, 2.24) is 9.97 Å². The fourth-order valence-electron chi connectivity index (χ4n) is 2.12. The average Bonchev–Trinajstić information content (AvgIpc) is 2.38. The zero-order valence-electron chi connectivity index (χ0n) is 9.77. The largest absolute Gasteiger partial charge is 0.496 e. The van der Waals surface area contributed by atoms with Gasteiger partial charge in [-0.1, -0.05) is 6.07 Å². The number of methoxy groups -OCH3 is 1. The number of aromatic nitrogens is 2. The van der Waals surface area contributed by atoms with Gasteiger partial charge in [0.2, 0.25) is 0 Å². The summed E-state index contributed by atoms with van der Waals surface area (Å²) in [6.45, 7) is 2.08. The van der Waals surface area contributed by atoms with Gasteiger partial charge in [-0.3, -0.25) is 9.97 Å². The zero-order chi connectivity index (χ0) is 11.8. The van der Waals surface area contributed by atoms with Crippen molar-refractivity contribution in [3.05, 3.63) is 42.2 Å². The molecule has 0 aliphatic carbocycles. The van der Waals surface area contributed by atoms with Crippen LogP contribution in [0.1, 0.15) is 5.56 Å². The van der Waals surface area contributed by atoms with E-state index in [0.29, 0.717) is 0 Å². The number of ether oxygens (including phenoxy) is 1. The van der Waals surface area contributed by atoms with Crippen LogP contribution in [-0.2, 0) is 0 Å². The number of benzene rings is 1. The molecular formula is C14H12N2O. The SMILES string of the molecule is COc1ccnc2c1ccc1c(C)ccnc12. The Balaban J connectivity index is 2.53. The summed E-state index contributed by atoms with van der Waals surface area (Å²) < 4.78 is 5.34. The van der Waals surface area contributed by atoms with Gasteiger partial charge in [0, 0.05) is 23.2 Å². The molecule has 0 spiro atoms. The number of fused-ring (bicyclic) bond motifs is 3. The highest BCUT2D eigenvalue weighted by atomic mass is 16.5. The first-order valence-electron chi connectivity index (χ1n) is 5.48. The van der Waals surface area contributed by atoms with Gasteiger partial charge >= 0.3 is 0 Å². The molecule has 3 nitrogen and oxygen atoms in total. The summed E-state index contributed by atoms with van der Waals surface area (Å²) in [5.74, 6) is 0.834. The highest BCUT2D eigenvalue weighted by Crippen LogP contribution is 2.29. The van der Waals surface area contributed by atoms with Crippen molar-refractivity contribution in [2.75, 3.05) is 7.11 Å². The van der Waals surface area contributed by atoms with E-state index in [1.165, 1.54) is 5.56 Å². The molecule has 0 aliphatic heterocycles. The van der Waals surface area contributed by atoms with Crippen LogP contribution < -0.4 is 4.74 Å². The second-order valence-corrected chi connectivity index (χ2v) is 4.00. The molecular weight excluding hydrogens is 212 g/mol. The minimum absolute atomic E-state index is 0.834. The van der Waals surface area contributed by atoms with Gasteiger partial charge in [0.15, 0.2) is 0 Å². The lowest BCUT2D eigenvalue weighted by Gasteiger charge is -2.07. The molecule has 0 saturated carbocycles. The Hall–Kier alpha value is -2.16. The summed E-state index contributed by atoms with van der Waals surface area (Å²) >= 11 is 0. The van der Waals surface area contributed by atoms with Crippen LogP contribution in [0, 0.1) is 6.92 Å². The summed E-state index contributed by atoms with van der Waals surface area (Å²) in [7, 11) is 1.67. The molecule has 2 aromatic heterocycles. The lowest BCUT2D eigenvalue weighted by Crippen LogP contribution is -1.90. The average molecular weight is 224 g/mol. The molecule has 1 aromatic carbocycles. The number of aryl methyl sites for hydroxylation is 1.